The van der Waals surface area contributed by atoms with Gasteiger partial charge < -0.3 is 5.11 Å². The zero-order valence-corrected chi connectivity index (χ0v) is 11.2. The highest BCUT2D eigenvalue weighted by Crippen LogP contribution is 2.34. The average molecular weight is 240 g/mol. The Kier molecular flexibility index (Phi) is 4.14. The molecule has 1 aromatic heterocycles. The SMILES string of the molecule is CCc1ccc(CC(C)(C(=O)O)C(C)C)s1. The Bertz CT molecular complexity index is 368. The van der Waals surface area contributed by atoms with Gasteiger partial charge in [0.1, 0.15) is 0 Å². The molecule has 0 saturated heterocycles. The third-order valence-corrected chi connectivity index (χ3v) is 4.60. The van der Waals surface area contributed by atoms with Gasteiger partial charge in [0.2, 0.25) is 0 Å². The van der Waals surface area contributed by atoms with Gasteiger partial charge in [0.15, 0.2) is 0 Å². The largest absolute Gasteiger partial charge is 0.481 e. The lowest BCUT2D eigenvalue weighted by molar-refractivity contribution is -0.150. The first-order chi connectivity index (χ1) is 7.40. The van der Waals surface area contributed by atoms with Gasteiger partial charge in [0.25, 0.3) is 0 Å². The predicted octanol–water partition coefficient (Wildman–Crippen LogP) is 3.60. The molecule has 0 aromatic carbocycles. The zero-order chi connectivity index (χ0) is 12.3. The summed E-state index contributed by atoms with van der Waals surface area (Å²) in [6, 6.07) is 4.16. The first-order valence-electron chi connectivity index (χ1n) is 5.71. The lowest BCUT2D eigenvalue weighted by atomic mass is 9.76. The molecule has 1 atom stereocenters. The molecule has 16 heavy (non-hydrogen) atoms. The molecule has 0 aliphatic heterocycles. The summed E-state index contributed by atoms with van der Waals surface area (Å²) in [6.07, 6.45) is 1.65. The van der Waals surface area contributed by atoms with Gasteiger partial charge in [-0.2, -0.15) is 0 Å². The highest BCUT2D eigenvalue weighted by atomic mass is 32.1. The monoisotopic (exact) mass is 240 g/mol. The number of aliphatic carboxylic acids is 1. The summed E-state index contributed by atoms with van der Waals surface area (Å²) >= 11 is 1.73. The van der Waals surface area contributed by atoms with Gasteiger partial charge in [0.05, 0.1) is 5.41 Å². The van der Waals surface area contributed by atoms with Crippen LogP contribution in [-0.2, 0) is 17.6 Å². The molecule has 0 aliphatic carbocycles. The molecule has 3 heteroatoms. The summed E-state index contributed by atoms with van der Waals surface area (Å²) in [5, 5.41) is 9.33. The van der Waals surface area contributed by atoms with E-state index >= 15 is 0 Å². The van der Waals surface area contributed by atoms with Gasteiger partial charge in [-0.3, -0.25) is 4.79 Å². The van der Waals surface area contributed by atoms with Gasteiger partial charge in [-0.05, 0) is 37.8 Å². The molecule has 1 N–H and O–H groups in total. The molecule has 0 radical (unpaired) electrons. The first kappa shape index (κ1) is 13.2. The van der Waals surface area contributed by atoms with E-state index in [-0.39, 0.29) is 5.92 Å². The van der Waals surface area contributed by atoms with Crippen LogP contribution in [0.3, 0.4) is 0 Å². The second-order valence-electron chi connectivity index (χ2n) is 4.78. The normalized spacial score (nSPS) is 15.1. The summed E-state index contributed by atoms with van der Waals surface area (Å²) in [5.74, 6) is -0.564. The van der Waals surface area contributed by atoms with Crippen LogP contribution in [0.25, 0.3) is 0 Å². The lowest BCUT2D eigenvalue weighted by Gasteiger charge is -2.28. The minimum absolute atomic E-state index is 0.136. The molecule has 0 aliphatic rings. The smallest absolute Gasteiger partial charge is 0.309 e. The maximum atomic E-state index is 11.3. The van der Waals surface area contributed by atoms with E-state index in [9.17, 15) is 9.90 Å². The van der Waals surface area contributed by atoms with Crippen molar-refractivity contribution in [1.82, 2.24) is 0 Å². The van der Waals surface area contributed by atoms with E-state index in [1.54, 1.807) is 11.3 Å². The second-order valence-corrected chi connectivity index (χ2v) is 6.03. The van der Waals surface area contributed by atoms with Gasteiger partial charge in [-0.15, -0.1) is 11.3 Å². The molecule has 1 rings (SSSR count). The maximum Gasteiger partial charge on any atom is 0.309 e. The number of thiophene rings is 1. The number of rotatable bonds is 5. The number of carboxylic acid groups (broad SMARTS) is 1. The Labute approximate surface area is 101 Å². The van der Waals surface area contributed by atoms with Gasteiger partial charge in [0, 0.05) is 9.75 Å². The highest BCUT2D eigenvalue weighted by molar-refractivity contribution is 7.12. The van der Waals surface area contributed by atoms with Crippen molar-refractivity contribution in [2.24, 2.45) is 11.3 Å². The molecule has 2 nitrogen and oxygen atoms in total. The molecule has 90 valence electrons. The fourth-order valence-corrected chi connectivity index (χ4v) is 2.72. The second kappa shape index (κ2) is 5.00. The van der Waals surface area contributed by atoms with Gasteiger partial charge in [-0.25, -0.2) is 0 Å². The summed E-state index contributed by atoms with van der Waals surface area (Å²) in [7, 11) is 0. The van der Waals surface area contributed by atoms with Gasteiger partial charge in [-0.1, -0.05) is 20.8 Å². The van der Waals surface area contributed by atoms with Crippen molar-refractivity contribution in [2.75, 3.05) is 0 Å². The van der Waals surface area contributed by atoms with Crippen molar-refractivity contribution in [3.8, 4) is 0 Å². The Morgan fingerprint density at radius 2 is 2.00 bits per heavy atom. The zero-order valence-electron chi connectivity index (χ0n) is 10.4. The molecule has 0 bridgehead atoms. The van der Waals surface area contributed by atoms with Crippen molar-refractivity contribution < 1.29 is 9.90 Å². The Balaban J connectivity index is 2.88. The summed E-state index contributed by atoms with van der Waals surface area (Å²) in [5.41, 5.74) is -0.657. The van der Waals surface area contributed by atoms with E-state index in [1.165, 1.54) is 9.75 Å². The topological polar surface area (TPSA) is 37.3 Å². The molecular weight excluding hydrogens is 220 g/mol. The fourth-order valence-electron chi connectivity index (χ4n) is 1.60. The van der Waals surface area contributed by atoms with Crippen LogP contribution in [0.5, 0.6) is 0 Å². The standard InChI is InChI=1S/C13H20O2S/c1-5-10-6-7-11(16-10)8-13(4,9(2)3)12(14)15/h6-7,9H,5,8H2,1-4H3,(H,14,15). The molecule has 0 spiro atoms. The van der Waals surface area contributed by atoms with Crippen LogP contribution >= 0.6 is 11.3 Å². The molecule has 0 fully saturated rings. The third kappa shape index (κ3) is 2.64. The van der Waals surface area contributed by atoms with Crippen molar-refractivity contribution in [3.05, 3.63) is 21.9 Å². The van der Waals surface area contributed by atoms with Gasteiger partial charge >= 0.3 is 5.97 Å². The number of hydrogen-bond donors (Lipinski definition) is 1. The van der Waals surface area contributed by atoms with Crippen LogP contribution in [0.15, 0.2) is 12.1 Å². The molecule has 1 unspecified atom stereocenters. The van der Waals surface area contributed by atoms with Crippen LogP contribution in [0.4, 0.5) is 0 Å². The summed E-state index contributed by atoms with van der Waals surface area (Å²) in [4.78, 5) is 13.8. The lowest BCUT2D eigenvalue weighted by Crippen LogP contribution is -2.35. The van der Waals surface area contributed by atoms with Crippen molar-refractivity contribution in [3.63, 3.8) is 0 Å². The number of aryl methyl sites for hydroxylation is 1. The van der Waals surface area contributed by atoms with E-state index in [2.05, 4.69) is 19.1 Å². The average Bonchev–Trinajstić information content (AvgIpc) is 2.64. The van der Waals surface area contributed by atoms with Crippen LogP contribution in [0, 0.1) is 11.3 Å². The number of hydrogen-bond acceptors (Lipinski definition) is 2. The van der Waals surface area contributed by atoms with Crippen LogP contribution < -0.4 is 0 Å². The predicted molar refractivity (Wildman–Crippen MR) is 68.0 cm³/mol. The van der Waals surface area contributed by atoms with E-state index < -0.39 is 11.4 Å². The summed E-state index contributed by atoms with van der Waals surface area (Å²) in [6.45, 7) is 7.91. The molecule has 1 aromatic rings. The quantitative estimate of drug-likeness (QED) is 0.853. The Morgan fingerprint density at radius 3 is 2.38 bits per heavy atom. The molecule has 0 saturated carbocycles. The minimum atomic E-state index is -0.700. The van der Waals surface area contributed by atoms with E-state index in [1.807, 2.05) is 20.8 Å². The van der Waals surface area contributed by atoms with Crippen molar-refractivity contribution >= 4 is 17.3 Å². The van der Waals surface area contributed by atoms with E-state index in [4.69, 9.17) is 0 Å². The third-order valence-electron chi connectivity index (χ3n) is 3.37. The highest BCUT2D eigenvalue weighted by Gasteiger charge is 2.37. The fraction of sp³-hybridized carbons (Fsp3) is 0.615. The van der Waals surface area contributed by atoms with Crippen LogP contribution in [-0.4, -0.2) is 11.1 Å². The van der Waals surface area contributed by atoms with E-state index in [0.29, 0.717) is 6.42 Å². The first-order valence-corrected chi connectivity index (χ1v) is 6.52. The maximum absolute atomic E-state index is 11.3. The Morgan fingerprint density at radius 1 is 1.44 bits per heavy atom. The van der Waals surface area contributed by atoms with Crippen molar-refractivity contribution in [2.45, 2.75) is 40.5 Å². The minimum Gasteiger partial charge on any atom is -0.481 e. The number of carbonyl (C=O) groups is 1. The van der Waals surface area contributed by atoms with E-state index in [0.717, 1.165) is 6.42 Å². The molecular formula is C13H20O2S. The van der Waals surface area contributed by atoms with Crippen molar-refractivity contribution in [1.29, 1.82) is 0 Å². The van der Waals surface area contributed by atoms with Crippen LogP contribution in [0.1, 0.15) is 37.4 Å². The number of carboxylic acids is 1. The summed E-state index contributed by atoms with van der Waals surface area (Å²) < 4.78 is 0. The van der Waals surface area contributed by atoms with Crippen LogP contribution in [0.2, 0.25) is 0 Å². The Hall–Kier alpha value is -0.830. The molecule has 1 heterocycles. The molecule has 0 amide bonds.